The number of hydrogen-bond donors (Lipinski definition) is 0. The lowest BCUT2D eigenvalue weighted by molar-refractivity contribution is 0.609. The summed E-state index contributed by atoms with van der Waals surface area (Å²) >= 11 is 0. The molecule has 0 spiro atoms. The fraction of sp³-hybridized carbons (Fsp3) is 0.300. The molecule has 1 heterocycles. The highest BCUT2D eigenvalue weighted by molar-refractivity contribution is 8.13. The second kappa shape index (κ2) is 4.07. The van der Waals surface area contributed by atoms with Crippen molar-refractivity contribution in [2.24, 2.45) is 7.05 Å². The molecule has 0 aliphatic heterocycles. The molecule has 1 aromatic carbocycles. The van der Waals surface area contributed by atoms with E-state index in [0.29, 0.717) is 6.42 Å². The molecule has 0 aliphatic carbocycles. The lowest BCUT2D eigenvalue weighted by atomic mass is 10.1. The van der Waals surface area contributed by atoms with E-state index in [1.54, 1.807) is 10.9 Å². The van der Waals surface area contributed by atoms with Gasteiger partial charge in [-0.3, -0.25) is 4.68 Å². The monoisotopic (exact) mass is 258 g/mol. The Morgan fingerprint density at radius 3 is 2.88 bits per heavy atom. The van der Waals surface area contributed by atoms with E-state index in [0.717, 1.165) is 16.5 Å². The van der Waals surface area contributed by atoms with Crippen molar-refractivity contribution in [1.29, 1.82) is 0 Å². The van der Waals surface area contributed by atoms with Crippen molar-refractivity contribution in [1.82, 2.24) is 9.78 Å². The van der Waals surface area contributed by atoms with Crippen LogP contribution in [0.1, 0.15) is 5.56 Å². The van der Waals surface area contributed by atoms with E-state index < -0.39 is 9.05 Å². The van der Waals surface area contributed by atoms with Gasteiger partial charge in [-0.15, -0.1) is 0 Å². The van der Waals surface area contributed by atoms with Gasteiger partial charge in [0.15, 0.2) is 0 Å². The molecule has 0 radical (unpaired) electrons. The van der Waals surface area contributed by atoms with Crippen LogP contribution in [-0.4, -0.2) is 24.0 Å². The van der Waals surface area contributed by atoms with E-state index in [-0.39, 0.29) is 5.75 Å². The quantitative estimate of drug-likeness (QED) is 0.787. The molecule has 0 aliphatic rings. The molecule has 0 atom stereocenters. The summed E-state index contributed by atoms with van der Waals surface area (Å²) in [6.07, 6.45) is 2.19. The van der Waals surface area contributed by atoms with Crippen molar-refractivity contribution in [2.75, 3.05) is 5.75 Å². The Morgan fingerprint density at radius 2 is 2.19 bits per heavy atom. The maximum Gasteiger partial charge on any atom is 0.232 e. The molecule has 0 N–H and O–H groups in total. The minimum atomic E-state index is -3.42. The Bertz CT molecular complexity index is 619. The summed E-state index contributed by atoms with van der Waals surface area (Å²) in [6.45, 7) is 0. The van der Waals surface area contributed by atoms with E-state index in [1.807, 2.05) is 25.2 Å². The summed E-state index contributed by atoms with van der Waals surface area (Å²) in [5.74, 6) is -0.0413. The number of rotatable bonds is 3. The third-order valence-electron chi connectivity index (χ3n) is 2.45. The van der Waals surface area contributed by atoms with Gasteiger partial charge in [-0.2, -0.15) is 5.10 Å². The van der Waals surface area contributed by atoms with E-state index in [2.05, 4.69) is 5.10 Å². The zero-order valence-electron chi connectivity index (χ0n) is 8.72. The minimum absolute atomic E-state index is 0.0413. The average Bonchev–Trinajstić information content (AvgIpc) is 2.56. The van der Waals surface area contributed by atoms with Crippen LogP contribution < -0.4 is 0 Å². The highest BCUT2D eigenvalue weighted by Gasteiger charge is 2.06. The number of aryl methyl sites for hydroxylation is 2. The molecule has 0 saturated heterocycles. The topological polar surface area (TPSA) is 52.0 Å². The van der Waals surface area contributed by atoms with Gasteiger partial charge in [0.1, 0.15) is 0 Å². The Labute approximate surface area is 98.2 Å². The Kier molecular flexibility index (Phi) is 2.90. The Morgan fingerprint density at radius 1 is 1.44 bits per heavy atom. The van der Waals surface area contributed by atoms with Crippen molar-refractivity contribution in [2.45, 2.75) is 6.42 Å². The molecule has 6 heteroatoms. The van der Waals surface area contributed by atoms with Crippen molar-refractivity contribution < 1.29 is 8.42 Å². The van der Waals surface area contributed by atoms with Crippen LogP contribution in [0.15, 0.2) is 24.4 Å². The molecular weight excluding hydrogens is 248 g/mol. The molecule has 16 heavy (non-hydrogen) atoms. The zero-order chi connectivity index (χ0) is 11.8. The first-order valence-corrected chi connectivity index (χ1v) is 7.26. The van der Waals surface area contributed by atoms with Gasteiger partial charge >= 0.3 is 0 Å². The highest BCUT2D eigenvalue weighted by atomic mass is 35.7. The van der Waals surface area contributed by atoms with E-state index in [1.165, 1.54) is 0 Å². The Balaban J connectivity index is 2.26. The standard InChI is InChI=1S/C10H11ClN2O2S/c1-13-10-3-2-8(4-5-16(11,14)15)6-9(10)7-12-13/h2-3,6-7H,4-5H2,1H3. The first-order valence-electron chi connectivity index (χ1n) is 4.79. The summed E-state index contributed by atoms with van der Waals surface area (Å²) in [5, 5.41) is 5.12. The minimum Gasteiger partial charge on any atom is -0.268 e. The van der Waals surface area contributed by atoms with Crippen LogP contribution in [0.5, 0.6) is 0 Å². The van der Waals surface area contributed by atoms with E-state index in [9.17, 15) is 8.42 Å². The third kappa shape index (κ3) is 2.54. The molecule has 2 rings (SSSR count). The molecule has 0 saturated carbocycles. The smallest absolute Gasteiger partial charge is 0.232 e. The van der Waals surface area contributed by atoms with Gasteiger partial charge in [0, 0.05) is 23.1 Å². The van der Waals surface area contributed by atoms with Crippen molar-refractivity contribution >= 4 is 30.6 Å². The summed E-state index contributed by atoms with van der Waals surface area (Å²) in [7, 11) is 3.61. The maximum absolute atomic E-state index is 10.8. The maximum atomic E-state index is 10.8. The lowest BCUT2D eigenvalue weighted by Gasteiger charge is -2.00. The molecule has 0 fully saturated rings. The van der Waals surface area contributed by atoms with Crippen LogP contribution in [-0.2, 0) is 22.5 Å². The van der Waals surface area contributed by atoms with Crippen LogP contribution in [0.2, 0.25) is 0 Å². The molecule has 1 aromatic heterocycles. The molecule has 0 amide bonds. The Hall–Kier alpha value is -1.07. The number of fused-ring (bicyclic) bond motifs is 1. The fourth-order valence-electron chi connectivity index (χ4n) is 1.61. The molecule has 4 nitrogen and oxygen atoms in total. The first-order chi connectivity index (χ1) is 7.46. The van der Waals surface area contributed by atoms with Crippen molar-refractivity contribution in [3.63, 3.8) is 0 Å². The van der Waals surface area contributed by atoms with Gasteiger partial charge in [-0.1, -0.05) is 6.07 Å². The predicted octanol–water partition coefficient (Wildman–Crippen LogP) is 1.68. The van der Waals surface area contributed by atoms with Crippen LogP contribution in [0.25, 0.3) is 10.9 Å². The number of nitrogens with zero attached hydrogens (tertiary/aromatic N) is 2. The molecule has 0 unspecified atom stereocenters. The number of aromatic nitrogens is 2. The molecule has 0 bridgehead atoms. The number of hydrogen-bond acceptors (Lipinski definition) is 3. The third-order valence-corrected chi connectivity index (χ3v) is 3.60. The normalized spacial score (nSPS) is 12.1. The molecule has 2 aromatic rings. The highest BCUT2D eigenvalue weighted by Crippen LogP contribution is 2.16. The lowest BCUT2D eigenvalue weighted by Crippen LogP contribution is -2.00. The van der Waals surface area contributed by atoms with Crippen LogP contribution >= 0.6 is 10.7 Å². The predicted molar refractivity (Wildman–Crippen MR) is 64.1 cm³/mol. The molecule has 86 valence electrons. The zero-order valence-corrected chi connectivity index (χ0v) is 10.3. The average molecular weight is 259 g/mol. The van der Waals surface area contributed by atoms with Crippen LogP contribution in [0.4, 0.5) is 0 Å². The van der Waals surface area contributed by atoms with Gasteiger partial charge in [0.05, 0.1) is 17.5 Å². The van der Waals surface area contributed by atoms with Gasteiger partial charge in [-0.05, 0) is 24.1 Å². The summed E-state index contributed by atoms with van der Waals surface area (Å²) in [4.78, 5) is 0. The summed E-state index contributed by atoms with van der Waals surface area (Å²) in [5.41, 5.74) is 1.97. The van der Waals surface area contributed by atoms with Crippen LogP contribution in [0.3, 0.4) is 0 Å². The number of benzene rings is 1. The van der Waals surface area contributed by atoms with Crippen molar-refractivity contribution in [3.8, 4) is 0 Å². The van der Waals surface area contributed by atoms with Gasteiger partial charge in [0.25, 0.3) is 0 Å². The second-order valence-corrected chi connectivity index (χ2v) is 6.55. The van der Waals surface area contributed by atoms with Crippen molar-refractivity contribution in [3.05, 3.63) is 30.0 Å². The fourth-order valence-corrected chi connectivity index (χ4v) is 2.32. The first kappa shape index (κ1) is 11.4. The van der Waals surface area contributed by atoms with E-state index in [4.69, 9.17) is 10.7 Å². The van der Waals surface area contributed by atoms with Gasteiger partial charge < -0.3 is 0 Å². The van der Waals surface area contributed by atoms with E-state index >= 15 is 0 Å². The summed E-state index contributed by atoms with van der Waals surface area (Å²) in [6, 6.07) is 5.76. The largest absolute Gasteiger partial charge is 0.268 e. The number of halogens is 1. The van der Waals surface area contributed by atoms with Crippen LogP contribution in [0, 0.1) is 0 Å². The molecular formula is C10H11ClN2O2S. The second-order valence-electron chi connectivity index (χ2n) is 3.65. The van der Waals surface area contributed by atoms with Gasteiger partial charge in [-0.25, -0.2) is 8.42 Å². The summed E-state index contributed by atoms with van der Waals surface area (Å²) < 4.78 is 23.4. The van der Waals surface area contributed by atoms with Gasteiger partial charge in [0.2, 0.25) is 9.05 Å². The SMILES string of the molecule is Cn1ncc2cc(CCS(=O)(=O)Cl)ccc21.